The third kappa shape index (κ3) is 1.18. The van der Waals surface area contributed by atoms with Crippen LogP contribution >= 0.6 is 0 Å². The monoisotopic (exact) mass is 138 g/mol. The summed E-state index contributed by atoms with van der Waals surface area (Å²) in [6.45, 7) is 0. The van der Waals surface area contributed by atoms with E-state index in [-0.39, 0.29) is 0 Å². The van der Waals surface area contributed by atoms with Crippen molar-refractivity contribution in [3.63, 3.8) is 0 Å². The quantitative estimate of drug-likeness (QED) is 0.467. The van der Waals surface area contributed by atoms with Crippen molar-refractivity contribution in [3.05, 3.63) is 24.2 Å². The second-order valence-electron chi connectivity index (χ2n) is 2.26. The van der Waals surface area contributed by atoms with Crippen LogP contribution in [0.2, 0.25) is 0 Å². The molecule has 0 saturated carbocycles. The Morgan fingerprint density at radius 3 is 2.70 bits per heavy atom. The van der Waals surface area contributed by atoms with Gasteiger partial charge in [-0.3, -0.25) is 5.41 Å². The SMILES string of the molecule is CN(C)C(=N)c1ccoc1. The minimum absolute atomic E-state index is 0.466. The number of amidine groups is 1. The summed E-state index contributed by atoms with van der Waals surface area (Å²) in [6.07, 6.45) is 3.12. The van der Waals surface area contributed by atoms with Crippen LogP contribution in [0.3, 0.4) is 0 Å². The van der Waals surface area contributed by atoms with Crippen molar-refractivity contribution in [1.29, 1.82) is 5.41 Å². The van der Waals surface area contributed by atoms with Gasteiger partial charge in [0, 0.05) is 14.1 Å². The van der Waals surface area contributed by atoms with E-state index in [1.165, 1.54) is 0 Å². The lowest BCUT2D eigenvalue weighted by molar-refractivity contribution is 0.564. The lowest BCUT2D eigenvalue weighted by Crippen LogP contribution is -2.20. The van der Waals surface area contributed by atoms with Gasteiger partial charge in [0.25, 0.3) is 0 Å². The third-order valence-corrected chi connectivity index (χ3v) is 1.24. The lowest BCUT2D eigenvalue weighted by atomic mass is 10.3. The first-order valence-electron chi connectivity index (χ1n) is 3.00. The first-order valence-corrected chi connectivity index (χ1v) is 3.00. The molecule has 0 amide bonds. The average Bonchev–Trinajstić information content (AvgIpc) is 2.36. The molecule has 0 bridgehead atoms. The fourth-order valence-corrected chi connectivity index (χ4v) is 0.657. The zero-order valence-corrected chi connectivity index (χ0v) is 6.09. The van der Waals surface area contributed by atoms with Gasteiger partial charge >= 0.3 is 0 Å². The smallest absolute Gasteiger partial charge is 0.130 e. The molecule has 0 aliphatic carbocycles. The van der Waals surface area contributed by atoms with Gasteiger partial charge in [0.15, 0.2) is 0 Å². The van der Waals surface area contributed by atoms with Crippen molar-refractivity contribution in [2.45, 2.75) is 0 Å². The molecule has 0 spiro atoms. The van der Waals surface area contributed by atoms with E-state index in [9.17, 15) is 0 Å². The van der Waals surface area contributed by atoms with E-state index in [0.717, 1.165) is 5.56 Å². The summed E-state index contributed by atoms with van der Waals surface area (Å²) in [6, 6.07) is 1.77. The fraction of sp³-hybridized carbons (Fsp3) is 0.286. The standard InChI is InChI=1S/C7H10N2O/c1-9(2)7(8)6-3-4-10-5-6/h3-5,8H,1-2H3. The molecule has 0 saturated heterocycles. The molecule has 3 nitrogen and oxygen atoms in total. The Bertz CT molecular complexity index is 214. The molecule has 1 aromatic rings. The molecule has 0 fully saturated rings. The molecular weight excluding hydrogens is 128 g/mol. The summed E-state index contributed by atoms with van der Waals surface area (Å²) < 4.78 is 4.82. The minimum Gasteiger partial charge on any atom is -0.472 e. The first-order chi connectivity index (χ1) is 4.72. The number of hydrogen-bond donors (Lipinski definition) is 1. The van der Waals surface area contributed by atoms with Gasteiger partial charge in [-0.15, -0.1) is 0 Å². The van der Waals surface area contributed by atoms with E-state index in [2.05, 4.69) is 0 Å². The van der Waals surface area contributed by atoms with Gasteiger partial charge in [-0.25, -0.2) is 0 Å². The topological polar surface area (TPSA) is 40.2 Å². The van der Waals surface area contributed by atoms with E-state index in [1.807, 2.05) is 14.1 Å². The Kier molecular flexibility index (Phi) is 1.76. The summed E-state index contributed by atoms with van der Waals surface area (Å²) in [7, 11) is 3.66. The van der Waals surface area contributed by atoms with Gasteiger partial charge in [-0.1, -0.05) is 0 Å². The number of rotatable bonds is 1. The van der Waals surface area contributed by atoms with Crippen molar-refractivity contribution in [2.24, 2.45) is 0 Å². The molecule has 0 unspecified atom stereocenters. The second kappa shape index (κ2) is 2.56. The number of hydrogen-bond acceptors (Lipinski definition) is 2. The van der Waals surface area contributed by atoms with E-state index in [0.29, 0.717) is 5.84 Å². The van der Waals surface area contributed by atoms with Crippen molar-refractivity contribution in [2.75, 3.05) is 14.1 Å². The Morgan fingerprint density at radius 1 is 1.60 bits per heavy atom. The summed E-state index contributed by atoms with van der Waals surface area (Å²) >= 11 is 0. The molecule has 1 heterocycles. The van der Waals surface area contributed by atoms with Crippen LogP contribution in [0, 0.1) is 5.41 Å². The Labute approximate surface area is 59.8 Å². The summed E-state index contributed by atoms with van der Waals surface area (Å²) in [5.74, 6) is 0.466. The molecule has 1 rings (SSSR count). The van der Waals surface area contributed by atoms with Crippen LogP contribution in [0.25, 0.3) is 0 Å². The molecule has 10 heavy (non-hydrogen) atoms. The Balaban J connectivity index is 2.78. The fourth-order valence-electron chi connectivity index (χ4n) is 0.657. The van der Waals surface area contributed by atoms with E-state index < -0.39 is 0 Å². The zero-order chi connectivity index (χ0) is 7.56. The van der Waals surface area contributed by atoms with Crippen LogP contribution in [-0.4, -0.2) is 24.8 Å². The molecule has 0 aliphatic heterocycles. The predicted molar refractivity (Wildman–Crippen MR) is 39.2 cm³/mol. The molecule has 1 N–H and O–H groups in total. The van der Waals surface area contributed by atoms with Gasteiger partial charge in [0.2, 0.25) is 0 Å². The van der Waals surface area contributed by atoms with Gasteiger partial charge in [0.05, 0.1) is 11.8 Å². The third-order valence-electron chi connectivity index (χ3n) is 1.24. The lowest BCUT2D eigenvalue weighted by Gasteiger charge is -2.10. The number of nitrogens with one attached hydrogen (secondary N) is 1. The molecule has 0 radical (unpaired) electrons. The summed E-state index contributed by atoms with van der Waals surface area (Å²) in [5, 5.41) is 7.47. The summed E-state index contributed by atoms with van der Waals surface area (Å²) in [4.78, 5) is 1.73. The van der Waals surface area contributed by atoms with Crippen molar-refractivity contribution < 1.29 is 4.42 Å². The highest BCUT2D eigenvalue weighted by Gasteiger charge is 2.02. The van der Waals surface area contributed by atoms with E-state index in [4.69, 9.17) is 9.83 Å². The van der Waals surface area contributed by atoms with Gasteiger partial charge in [0.1, 0.15) is 12.1 Å². The van der Waals surface area contributed by atoms with Crippen LogP contribution in [0.15, 0.2) is 23.0 Å². The Morgan fingerprint density at radius 2 is 2.30 bits per heavy atom. The highest BCUT2D eigenvalue weighted by atomic mass is 16.3. The minimum atomic E-state index is 0.466. The molecular formula is C7H10N2O. The molecule has 54 valence electrons. The number of nitrogens with zero attached hydrogens (tertiary/aromatic N) is 1. The normalized spacial score (nSPS) is 9.40. The average molecular weight is 138 g/mol. The van der Waals surface area contributed by atoms with Crippen LogP contribution in [0.4, 0.5) is 0 Å². The van der Waals surface area contributed by atoms with Crippen LogP contribution in [0.5, 0.6) is 0 Å². The molecule has 0 aliphatic rings. The molecule has 0 atom stereocenters. The van der Waals surface area contributed by atoms with Crippen LogP contribution < -0.4 is 0 Å². The zero-order valence-electron chi connectivity index (χ0n) is 6.09. The van der Waals surface area contributed by atoms with Crippen molar-refractivity contribution in [3.8, 4) is 0 Å². The van der Waals surface area contributed by atoms with E-state index >= 15 is 0 Å². The molecule has 1 aromatic heterocycles. The summed E-state index contributed by atoms with van der Waals surface area (Å²) in [5.41, 5.74) is 0.810. The maximum atomic E-state index is 7.47. The van der Waals surface area contributed by atoms with Crippen LogP contribution in [0.1, 0.15) is 5.56 Å². The maximum absolute atomic E-state index is 7.47. The van der Waals surface area contributed by atoms with Crippen molar-refractivity contribution >= 4 is 5.84 Å². The highest BCUT2D eigenvalue weighted by Crippen LogP contribution is 2.01. The number of furan rings is 1. The second-order valence-corrected chi connectivity index (χ2v) is 2.26. The van der Waals surface area contributed by atoms with Crippen molar-refractivity contribution in [1.82, 2.24) is 4.90 Å². The van der Waals surface area contributed by atoms with Gasteiger partial charge < -0.3 is 9.32 Å². The molecule has 3 heteroatoms. The molecule has 0 aromatic carbocycles. The first kappa shape index (κ1) is 6.86. The highest BCUT2D eigenvalue weighted by molar-refractivity contribution is 5.95. The van der Waals surface area contributed by atoms with Gasteiger partial charge in [-0.05, 0) is 6.07 Å². The Hall–Kier alpha value is -1.25. The predicted octanol–water partition coefficient (Wildman–Crippen LogP) is 1.17. The van der Waals surface area contributed by atoms with E-state index in [1.54, 1.807) is 23.5 Å². The largest absolute Gasteiger partial charge is 0.472 e. The van der Waals surface area contributed by atoms with Crippen LogP contribution in [-0.2, 0) is 0 Å². The van der Waals surface area contributed by atoms with Gasteiger partial charge in [-0.2, -0.15) is 0 Å². The maximum Gasteiger partial charge on any atom is 0.130 e.